The topological polar surface area (TPSA) is 55.1 Å². The van der Waals surface area contributed by atoms with Crippen molar-refractivity contribution in [2.24, 2.45) is 0 Å². The monoisotopic (exact) mass is 358 g/mol. The van der Waals surface area contributed by atoms with Crippen molar-refractivity contribution in [1.82, 2.24) is 5.32 Å². The molecule has 2 aromatic rings. The second-order valence-corrected chi connectivity index (χ2v) is 6.91. The second kappa shape index (κ2) is 8.39. The average Bonchev–Trinajstić information content (AvgIpc) is 3.08. The number of hydrogen-bond acceptors (Lipinski definition) is 2. The van der Waals surface area contributed by atoms with Crippen molar-refractivity contribution in [3.63, 3.8) is 0 Å². The largest absolute Gasteiger partial charge is 0.399 e. The number of nitrogens with one attached hydrogen (secondary N) is 1. The van der Waals surface area contributed by atoms with Crippen molar-refractivity contribution >= 4 is 24.0 Å². The Labute approximate surface area is 156 Å². The van der Waals surface area contributed by atoms with Gasteiger partial charge in [-0.25, -0.2) is 0 Å². The summed E-state index contributed by atoms with van der Waals surface area (Å²) >= 11 is 0. The van der Waals surface area contributed by atoms with Gasteiger partial charge in [-0.1, -0.05) is 54.8 Å². The number of rotatable bonds is 5. The number of amides is 1. The Morgan fingerprint density at radius 1 is 1.12 bits per heavy atom. The third-order valence-corrected chi connectivity index (χ3v) is 5.14. The van der Waals surface area contributed by atoms with E-state index in [1.807, 2.05) is 24.3 Å². The molecule has 0 aromatic heterocycles. The van der Waals surface area contributed by atoms with Crippen LogP contribution in [0.5, 0.6) is 0 Å². The smallest absolute Gasteiger partial charge is 0.230 e. The van der Waals surface area contributed by atoms with Crippen LogP contribution in [-0.4, -0.2) is 12.5 Å². The Kier molecular flexibility index (Phi) is 6.49. The first-order chi connectivity index (χ1) is 11.6. The van der Waals surface area contributed by atoms with E-state index in [0.29, 0.717) is 6.54 Å². The first-order valence-electron chi connectivity index (χ1n) is 8.80. The number of anilines is 1. The predicted octanol–water partition coefficient (Wildman–Crippen LogP) is 4.17. The fourth-order valence-corrected chi connectivity index (χ4v) is 3.74. The maximum atomic E-state index is 13.0. The number of nitrogens with two attached hydrogens (primary N) is 1. The summed E-state index contributed by atoms with van der Waals surface area (Å²) in [5, 5.41) is 3.18. The molecule has 0 aliphatic heterocycles. The van der Waals surface area contributed by atoms with Crippen LogP contribution in [0.15, 0.2) is 48.5 Å². The molecule has 0 spiro atoms. The molecule has 0 radical (unpaired) electrons. The Hall–Kier alpha value is -2.00. The van der Waals surface area contributed by atoms with Gasteiger partial charge in [0.15, 0.2) is 0 Å². The fraction of sp³-hybridized carbons (Fsp3) is 0.381. The molecule has 25 heavy (non-hydrogen) atoms. The molecule has 1 amide bonds. The molecular weight excluding hydrogens is 332 g/mol. The molecule has 0 atom stereocenters. The van der Waals surface area contributed by atoms with E-state index in [2.05, 4.69) is 36.5 Å². The summed E-state index contributed by atoms with van der Waals surface area (Å²) < 4.78 is 0. The van der Waals surface area contributed by atoms with Gasteiger partial charge < -0.3 is 11.1 Å². The lowest BCUT2D eigenvalue weighted by atomic mass is 9.77. The molecule has 3 N–H and O–H groups in total. The van der Waals surface area contributed by atoms with Crippen LogP contribution in [0.25, 0.3) is 0 Å². The van der Waals surface area contributed by atoms with Crippen LogP contribution in [0.2, 0.25) is 0 Å². The molecular formula is C21H27ClN2O. The van der Waals surface area contributed by atoms with Gasteiger partial charge in [-0.15, -0.1) is 12.4 Å². The third kappa shape index (κ3) is 4.35. The van der Waals surface area contributed by atoms with E-state index >= 15 is 0 Å². The van der Waals surface area contributed by atoms with Crippen LogP contribution in [0.3, 0.4) is 0 Å². The lowest BCUT2D eigenvalue weighted by Crippen LogP contribution is -2.43. The van der Waals surface area contributed by atoms with Crippen molar-refractivity contribution in [2.75, 3.05) is 12.3 Å². The number of halogens is 1. The SMILES string of the molecule is Cc1cccc(C2(C(=O)NCCc3ccc(N)cc3)CCCC2)c1.Cl. The molecule has 1 saturated carbocycles. The van der Waals surface area contributed by atoms with Crippen molar-refractivity contribution in [1.29, 1.82) is 0 Å². The number of hydrogen-bond donors (Lipinski definition) is 2. The zero-order chi connectivity index (χ0) is 17.0. The molecule has 4 heteroatoms. The van der Waals surface area contributed by atoms with E-state index in [1.165, 1.54) is 16.7 Å². The van der Waals surface area contributed by atoms with Crippen LogP contribution in [0.1, 0.15) is 42.4 Å². The maximum Gasteiger partial charge on any atom is 0.230 e. The highest BCUT2D eigenvalue weighted by molar-refractivity contribution is 5.88. The summed E-state index contributed by atoms with van der Waals surface area (Å²) in [6.07, 6.45) is 4.98. The Balaban J connectivity index is 0.00000225. The minimum Gasteiger partial charge on any atom is -0.399 e. The van der Waals surface area contributed by atoms with Gasteiger partial charge in [0.05, 0.1) is 5.41 Å². The first kappa shape index (κ1) is 19.3. The summed E-state index contributed by atoms with van der Waals surface area (Å²) in [5.74, 6) is 0.182. The molecule has 3 rings (SSSR count). The lowest BCUT2D eigenvalue weighted by molar-refractivity contribution is -0.126. The Morgan fingerprint density at radius 3 is 2.44 bits per heavy atom. The minimum atomic E-state index is -0.340. The van der Waals surface area contributed by atoms with Gasteiger partial charge in [-0.2, -0.15) is 0 Å². The van der Waals surface area contributed by atoms with Crippen molar-refractivity contribution in [2.45, 2.75) is 44.4 Å². The van der Waals surface area contributed by atoms with Crippen molar-refractivity contribution in [3.05, 3.63) is 65.2 Å². The number of carbonyl (C=O) groups is 1. The summed E-state index contributed by atoms with van der Waals surface area (Å²) in [4.78, 5) is 13.0. The molecule has 0 saturated heterocycles. The van der Waals surface area contributed by atoms with E-state index in [4.69, 9.17) is 5.73 Å². The highest BCUT2D eigenvalue weighted by Crippen LogP contribution is 2.41. The zero-order valence-corrected chi connectivity index (χ0v) is 15.6. The molecule has 2 aromatic carbocycles. The van der Waals surface area contributed by atoms with E-state index in [9.17, 15) is 4.79 Å². The van der Waals surface area contributed by atoms with Crippen LogP contribution in [0.4, 0.5) is 5.69 Å². The van der Waals surface area contributed by atoms with Crippen LogP contribution < -0.4 is 11.1 Å². The number of carbonyl (C=O) groups excluding carboxylic acids is 1. The van der Waals surface area contributed by atoms with Gasteiger partial charge in [0.25, 0.3) is 0 Å². The number of nitrogen functional groups attached to an aromatic ring is 1. The molecule has 3 nitrogen and oxygen atoms in total. The Bertz CT molecular complexity index is 706. The third-order valence-electron chi connectivity index (χ3n) is 5.14. The van der Waals surface area contributed by atoms with Crippen LogP contribution >= 0.6 is 12.4 Å². The zero-order valence-electron chi connectivity index (χ0n) is 14.8. The molecule has 134 valence electrons. The predicted molar refractivity (Wildman–Crippen MR) is 106 cm³/mol. The highest BCUT2D eigenvalue weighted by atomic mass is 35.5. The average molecular weight is 359 g/mol. The van der Waals surface area contributed by atoms with Crippen LogP contribution in [0, 0.1) is 6.92 Å². The van der Waals surface area contributed by atoms with Gasteiger partial charge in [0.2, 0.25) is 5.91 Å². The van der Waals surface area contributed by atoms with E-state index in [0.717, 1.165) is 37.8 Å². The number of aryl methyl sites for hydroxylation is 1. The lowest BCUT2D eigenvalue weighted by Gasteiger charge is -2.28. The van der Waals surface area contributed by atoms with E-state index in [-0.39, 0.29) is 23.7 Å². The normalized spacial score (nSPS) is 15.4. The van der Waals surface area contributed by atoms with Crippen molar-refractivity contribution in [3.8, 4) is 0 Å². The van der Waals surface area contributed by atoms with Gasteiger partial charge in [0, 0.05) is 12.2 Å². The quantitative estimate of drug-likeness (QED) is 0.788. The van der Waals surface area contributed by atoms with Crippen molar-refractivity contribution < 1.29 is 4.79 Å². The Morgan fingerprint density at radius 2 is 1.80 bits per heavy atom. The summed E-state index contributed by atoms with van der Waals surface area (Å²) in [6, 6.07) is 16.3. The summed E-state index contributed by atoms with van der Waals surface area (Å²) in [5.41, 5.74) is 9.72. The molecule has 1 fully saturated rings. The first-order valence-corrected chi connectivity index (χ1v) is 8.80. The van der Waals surface area contributed by atoms with Gasteiger partial charge in [-0.3, -0.25) is 4.79 Å². The molecule has 1 aliphatic rings. The summed E-state index contributed by atoms with van der Waals surface area (Å²) in [7, 11) is 0. The molecule has 0 unspecified atom stereocenters. The number of benzene rings is 2. The molecule has 0 heterocycles. The van der Waals surface area contributed by atoms with E-state index < -0.39 is 0 Å². The minimum absolute atomic E-state index is 0. The van der Waals surface area contributed by atoms with E-state index in [1.54, 1.807) is 0 Å². The fourth-order valence-electron chi connectivity index (χ4n) is 3.74. The maximum absolute atomic E-state index is 13.0. The molecule has 0 bridgehead atoms. The standard InChI is InChI=1S/C21H26N2O.ClH/c1-16-5-4-6-18(15-16)21(12-2-3-13-21)20(24)23-14-11-17-7-9-19(22)10-8-17;/h4-10,15H,2-3,11-14,22H2,1H3,(H,23,24);1H. The highest BCUT2D eigenvalue weighted by Gasteiger charge is 2.42. The second-order valence-electron chi connectivity index (χ2n) is 6.91. The van der Waals surface area contributed by atoms with Gasteiger partial charge >= 0.3 is 0 Å². The van der Waals surface area contributed by atoms with Gasteiger partial charge in [-0.05, 0) is 49.4 Å². The van der Waals surface area contributed by atoms with Crippen LogP contribution in [-0.2, 0) is 16.6 Å². The summed E-state index contributed by atoms with van der Waals surface area (Å²) in [6.45, 7) is 2.75. The van der Waals surface area contributed by atoms with Gasteiger partial charge in [0.1, 0.15) is 0 Å². The molecule has 1 aliphatic carbocycles.